The van der Waals surface area contributed by atoms with Crippen molar-refractivity contribution >= 4 is 34.4 Å². The predicted molar refractivity (Wildman–Crippen MR) is 135 cm³/mol. The summed E-state index contributed by atoms with van der Waals surface area (Å²) in [4.78, 5) is 45.2. The van der Waals surface area contributed by atoms with Crippen molar-refractivity contribution in [1.29, 1.82) is 0 Å². The van der Waals surface area contributed by atoms with E-state index in [0.717, 1.165) is 27.6 Å². The summed E-state index contributed by atoms with van der Waals surface area (Å²) >= 11 is 6.59. The molecule has 0 radical (unpaired) electrons. The van der Waals surface area contributed by atoms with E-state index in [4.69, 9.17) is 21.3 Å². The van der Waals surface area contributed by atoms with Crippen LogP contribution in [0.15, 0.2) is 16.9 Å². The van der Waals surface area contributed by atoms with E-state index in [1.165, 1.54) is 0 Å². The van der Waals surface area contributed by atoms with Gasteiger partial charge < -0.3 is 24.4 Å². The Balaban J connectivity index is 1.68. The van der Waals surface area contributed by atoms with Crippen LogP contribution in [-0.2, 0) is 39.5 Å². The van der Waals surface area contributed by atoms with Gasteiger partial charge in [-0.15, -0.1) is 0 Å². The number of cyclic esters (lactones) is 1. The lowest BCUT2D eigenvalue weighted by molar-refractivity contribution is -0.172. The number of aryl methyl sites for hydroxylation is 1. The maximum atomic E-state index is 13.7. The summed E-state index contributed by atoms with van der Waals surface area (Å²) in [6.45, 7) is 3.05. The Bertz CT molecular complexity index is 1610. The van der Waals surface area contributed by atoms with Gasteiger partial charge in [-0.3, -0.25) is 9.59 Å². The molecule has 0 bridgehead atoms. The number of hydrogen-bond acceptors (Lipinski definition) is 7. The second-order valence-electron chi connectivity index (χ2n) is 10.0. The Morgan fingerprint density at radius 2 is 2.05 bits per heavy atom. The maximum absolute atomic E-state index is 13.7. The molecule has 2 aromatic heterocycles. The van der Waals surface area contributed by atoms with Crippen LogP contribution >= 0.6 is 11.6 Å². The summed E-state index contributed by atoms with van der Waals surface area (Å²) in [6, 6.07) is 3.15. The first kappa shape index (κ1) is 24.1. The van der Waals surface area contributed by atoms with Crippen molar-refractivity contribution in [3.05, 3.63) is 60.9 Å². The zero-order chi connectivity index (χ0) is 26.4. The van der Waals surface area contributed by atoms with Gasteiger partial charge in [-0.2, -0.15) is 0 Å². The Hall–Kier alpha value is -3.27. The molecule has 9 nitrogen and oxygen atoms in total. The van der Waals surface area contributed by atoms with Gasteiger partial charge in [0.2, 0.25) is 5.91 Å². The Morgan fingerprint density at radius 3 is 2.76 bits per heavy atom. The second kappa shape index (κ2) is 8.11. The van der Waals surface area contributed by atoms with Gasteiger partial charge in [0.05, 0.1) is 35.1 Å². The molecule has 1 aromatic carbocycles. The highest BCUT2D eigenvalue weighted by Gasteiger charge is 2.46. The summed E-state index contributed by atoms with van der Waals surface area (Å²) in [5, 5.41) is 22.2. The number of aliphatic hydroxyl groups excluding tert-OH is 1. The number of likely N-dealkylation sites (N-methyl/N-ethyl adjacent to an activating group) is 1. The molecule has 3 aliphatic rings. The third-order valence-corrected chi connectivity index (χ3v) is 8.74. The number of carbonyl (C=O) groups is 2. The fourth-order valence-corrected chi connectivity index (χ4v) is 6.42. The van der Waals surface area contributed by atoms with Gasteiger partial charge in [0.25, 0.3) is 5.56 Å². The minimum Gasteiger partial charge on any atom is -0.458 e. The topological polar surface area (TPSA) is 122 Å². The zero-order valence-electron chi connectivity index (χ0n) is 20.7. The molecule has 3 aromatic rings. The first-order chi connectivity index (χ1) is 17.6. The largest absolute Gasteiger partial charge is 0.458 e. The number of rotatable bonds is 3. The van der Waals surface area contributed by atoms with Gasteiger partial charge in [-0.25, -0.2) is 9.78 Å². The van der Waals surface area contributed by atoms with Gasteiger partial charge >= 0.3 is 5.97 Å². The van der Waals surface area contributed by atoms with Crippen LogP contribution < -0.4 is 5.56 Å². The van der Waals surface area contributed by atoms with E-state index < -0.39 is 24.1 Å². The van der Waals surface area contributed by atoms with Crippen molar-refractivity contribution < 1.29 is 24.5 Å². The molecule has 37 heavy (non-hydrogen) atoms. The highest BCUT2D eigenvalue weighted by Crippen LogP contribution is 2.47. The number of ether oxygens (including phenoxy) is 1. The van der Waals surface area contributed by atoms with Crippen LogP contribution in [0, 0.1) is 6.92 Å². The first-order valence-corrected chi connectivity index (χ1v) is 12.7. The molecular weight excluding hydrogens is 498 g/mol. The van der Waals surface area contributed by atoms with Crippen molar-refractivity contribution in [2.45, 2.75) is 57.9 Å². The molecule has 0 saturated heterocycles. The lowest BCUT2D eigenvalue weighted by atomic mass is 9.81. The third kappa shape index (κ3) is 3.11. The van der Waals surface area contributed by atoms with E-state index in [1.807, 2.05) is 6.92 Å². The van der Waals surface area contributed by atoms with E-state index >= 15 is 0 Å². The second-order valence-corrected chi connectivity index (χ2v) is 10.4. The Kier molecular flexibility index (Phi) is 5.28. The number of hydrogen-bond donors (Lipinski definition) is 2. The number of halogens is 1. The third-order valence-electron chi connectivity index (χ3n) is 8.34. The molecule has 1 aliphatic carbocycles. The number of fused-ring (bicyclic) bond motifs is 5. The fraction of sp³-hybridized carbons (Fsp3) is 0.407. The lowest BCUT2D eigenvalue weighted by Gasteiger charge is -2.35. The van der Waals surface area contributed by atoms with E-state index in [0.29, 0.717) is 34.8 Å². The quantitative estimate of drug-likeness (QED) is 0.396. The molecular formula is C27H26ClN3O6. The van der Waals surface area contributed by atoms with Gasteiger partial charge in [0.15, 0.2) is 5.60 Å². The number of pyridine rings is 2. The molecule has 6 rings (SSSR count). The van der Waals surface area contributed by atoms with Crippen molar-refractivity contribution in [3.63, 3.8) is 0 Å². The van der Waals surface area contributed by atoms with Crippen molar-refractivity contribution in [3.8, 4) is 11.4 Å². The highest BCUT2D eigenvalue weighted by atomic mass is 35.5. The molecule has 1 unspecified atom stereocenters. The lowest BCUT2D eigenvalue weighted by Crippen LogP contribution is -2.44. The van der Waals surface area contributed by atoms with Crippen LogP contribution in [0.5, 0.6) is 0 Å². The van der Waals surface area contributed by atoms with Crippen molar-refractivity contribution in [2.75, 3.05) is 13.7 Å². The van der Waals surface area contributed by atoms with Gasteiger partial charge in [-0.05, 0) is 55.0 Å². The summed E-state index contributed by atoms with van der Waals surface area (Å²) in [5.74, 6) is -1.17. The molecule has 4 heterocycles. The molecule has 2 N–H and O–H groups in total. The van der Waals surface area contributed by atoms with Crippen molar-refractivity contribution in [1.82, 2.24) is 14.5 Å². The molecule has 2 aliphatic heterocycles. The fourth-order valence-electron chi connectivity index (χ4n) is 6.20. The molecule has 2 atom stereocenters. The smallest absolute Gasteiger partial charge is 0.343 e. The van der Waals surface area contributed by atoms with E-state index in [-0.39, 0.29) is 42.3 Å². The predicted octanol–water partition coefficient (Wildman–Crippen LogP) is 2.48. The molecule has 1 amide bonds. The number of aliphatic hydroxyl groups is 2. The number of nitrogens with zero attached hydrogens (tertiary/aromatic N) is 3. The number of amides is 1. The Morgan fingerprint density at radius 1 is 1.30 bits per heavy atom. The Labute approximate surface area is 217 Å². The number of aromatic nitrogens is 2. The van der Waals surface area contributed by atoms with Crippen LogP contribution in [0.1, 0.15) is 59.2 Å². The number of esters is 1. The minimum atomic E-state index is -1.92. The number of carbonyl (C=O) groups excluding carboxylic acids is 2. The summed E-state index contributed by atoms with van der Waals surface area (Å²) in [7, 11) is 1.67. The van der Waals surface area contributed by atoms with Crippen molar-refractivity contribution in [2.24, 2.45) is 0 Å². The molecule has 0 fully saturated rings. The van der Waals surface area contributed by atoms with Gasteiger partial charge in [0, 0.05) is 28.6 Å². The van der Waals surface area contributed by atoms with Crippen LogP contribution in [0.25, 0.3) is 22.3 Å². The van der Waals surface area contributed by atoms with E-state index in [9.17, 15) is 24.6 Å². The summed E-state index contributed by atoms with van der Waals surface area (Å²) < 4.78 is 6.77. The van der Waals surface area contributed by atoms with Crippen LogP contribution in [0.3, 0.4) is 0 Å². The maximum Gasteiger partial charge on any atom is 0.343 e. The normalized spacial score (nSPS) is 21.4. The molecule has 10 heteroatoms. The summed E-state index contributed by atoms with van der Waals surface area (Å²) in [6.07, 6.45) is 1.37. The zero-order valence-corrected chi connectivity index (χ0v) is 21.5. The minimum absolute atomic E-state index is 0.0549. The highest BCUT2D eigenvalue weighted by molar-refractivity contribution is 6.32. The van der Waals surface area contributed by atoms with E-state index in [2.05, 4.69) is 0 Å². The molecule has 192 valence electrons. The number of benzene rings is 1. The molecule has 0 spiro atoms. The molecule has 0 saturated carbocycles. The monoisotopic (exact) mass is 523 g/mol. The van der Waals surface area contributed by atoms with Gasteiger partial charge in [0.1, 0.15) is 13.2 Å². The first-order valence-electron chi connectivity index (χ1n) is 12.3. The van der Waals surface area contributed by atoms with E-state index in [1.54, 1.807) is 35.6 Å². The van der Waals surface area contributed by atoms with Crippen LogP contribution in [-0.4, -0.2) is 50.2 Å². The SMILES string of the molecule is CC[C@@]1(O)C(=O)OCc2c1cc1n(c2=O)Cc2c-1nc1cc(Cl)c(C)c3c1c2C(N(C)C(=O)CO)CC3. The van der Waals surface area contributed by atoms with Gasteiger partial charge in [-0.1, -0.05) is 18.5 Å². The average Bonchev–Trinajstić information content (AvgIpc) is 3.27. The van der Waals surface area contributed by atoms with Crippen LogP contribution in [0.2, 0.25) is 5.02 Å². The van der Waals surface area contributed by atoms with Crippen LogP contribution in [0.4, 0.5) is 0 Å². The standard InChI is InChI=1S/C27H26ClN3O6/c1-4-27(36)16-7-20-24-14(9-31(20)25(34)15(16)11-37-26(27)35)23-19(30(3)21(33)10-32)6-5-13-12(2)17(28)8-18(29-24)22(13)23/h7-8,19,32,36H,4-6,9-11H2,1-3H3/t19?,27-/m0/s1. The summed E-state index contributed by atoms with van der Waals surface area (Å²) in [5.41, 5.74) is 3.67. The average molecular weight is 524 g/mol.